The number of Topliss-reactive ketones (excluding diaryl/α,β-unsaturated/α-hetero) is 2. The maximum atomic E-state index is 12.9. The van der Waals surface area contributed by atoms with Crippen LogP contribution < -0.4 is 32.4 Å². The molecule has 0 aliphatic carbocycles. The van der Waals surface area contributed by atoms with Crippen LogP contribution in [0.5, 0.6) is 0 Å². The summed E-state index contributed by atoms with van der Waals surface area (Å²) < 4.78 is 45.5. The molecule has 0 saturated heterocycles. The van der Waals surface area contributed by atoms with E-state index < -0.39 is 78.8 Å². The Hall–Kier alpha value is -5.21. The topological polar surface area (TPSA) is 241 Å². The van der Waals surface area contributed by atoms with Gasteiger partial charge in [0.2, 0.25) is 11.9 Å². The third-order valence-corrected chi connectivity index (χ3v) is 11.1. The quantitative estimate of drug-likeness (QED) is 0.0760. The van der Waals surface area contributed by atoms with Gasteiger partial charge in [0.1, 0.15) is 17.5 Å². The van der Waals surface area contributed by atoms with E-state index in [2.05, 4.69) is 37.5 Å². The van der Waals surface area contributed by atoms with Gasteiger partial charge in [0.15, 0.2) is 31.2 Å². The van der Waals surface area contributed by atoms with Crippen LogP contribution in [0.1, 0.15) is 25.0 Å². The number of hydrazine groups is 2. The van der Waals surface area contributed by atoms with Crippen molar-refractivity contribution < 1.29 is 41.1 Å². The first-order chi connectivity index (χ1) is 28.7. The van der Waals surface area contributed by atoms with Crippen LogP contribution >= 0.6 is 23.2 Å². The molecule has 16 nitrogen and oxygen atoms in total. The number of rotatable bonds is 18. The summed E-state index contributed by atoms with van der Waals surface area (Å²) in [6.07, 6.45) is 2.37. The van der Waals surface area contributed by atoms with Crippen molar-refractivity contribution in [2.24, 2.45) is 5.10 Å². The Morgan fingerprint density at radius 2 is 1.08 bits per heavy atom. The molecular weight excluding hydrogens is 870 g/mol. The van der Waals surface area contributed by atoms with E-state index in [1.54, 1.807) is 12.1 Å². The molecule has 0 aromatic heterocycles. The van der Waals surface area contributed by atoms with Crippen LogP contribution in [0, 0.1) is 0 Å². The number of guanidine groups is 1. The highest BCUT2D eigenvalue weighted by atomic mass is 35.5. The molecule has 4 aromatic rings. The number of nitrogens with zero attached hydrogens (tertiary/aromatic N) is 1. The van der Waals surface area contributed by atoms with Crippen LogP contribution in [0.25, 0.3) is 22.3 Å². The molecule has 0 radical (unpaired) electrons. The highest BCUT2D eigenvalue weighted by Gasteiger charge is 2.28. The average Bonchev–Trinajstić information content (AvgIpc) is 3.70. The van der Waals surface area contributed by atoms with Gasteiger partial charge in [0, 0.05) is 22.6 Å². The van der Waals surface area contributed by atoms with E-state index in [9.17, 15) is 41.1 Å². The van der Waals surface area contributed by atoms with Crippen molar-refractivity contribution >= 4 is 72.3 Å². The van der Waals surface area contributed by atoms with Crippen molar-refractivity contribution in [3.63, 3.8) is 0 Å². The van der Waals surface area contributed by atoms with Crippen LogP contribution in [0.2, 0.25) is 10.0 Å². The van der Waals surface area contributed by atoms with Gasteiger partial charge in [-0.15, -0.1) is 10.6 Å². The van der Waals surface area contributed by atoms with Crippen LogP contribution in [0.3, 0.4) is 0 Å². The number of carboxylic acid groups (broad SMARTS) is 1. The Morgan fingerprint density at radius 3 is 1.46 bits per heavy atom. The van der Waals surface area contributed by atoms with E-state index in [1.165, 1.54) is 13.8 Å². The fourth-order valence-corrected chi connectivity index (χ4v) is 7.85. The Bertz CT molecular complexity index is 2450. The molecule has 0 fully saturated rings. The lowest BCUT2D eigenvalue weighted by Crippen LogP contribution is -2.54. The van der Waals surface area contributed by atoms with Gasteiger partial charge in [-0.25, -0.2) is 22.4 Å². The predicted molar refractivity (Wildman–Crippen MR) is 236 cm³/mol. The lowest BCUT2D eigenvalue weighted by molar-refractivity contribution is -0.139. The summed E-state index contributed by atoms with van der Waals surface area (Å²) in [4.78, 5) is 48.7. The van der Waals surface area contributed by atoms with Crippen LogP contribution in [-0.4, -0.2) is 99.5 Å². The zero-order valence-electron chi connectivity index (χ0n) is 33.6. The van der Waals surface area contributed by atoms with Gasteiger partial charge in [-0.1, -0.05) is 96.0 Å². The average molecular weight is 917 g/mol. The molecule has 1 amide bonds. The van der Waals surface area contributed by atoms with Gasteiger partial charge in [-0.2, -0.15) is 0 Å². The lowest BCUT2D eigenvalue weighted by Gasteiger charge is -2.22. The summed E-state index contributed by atoms with van der Waals surface area (Å²) in [7, 11) is -6.95. The van der Waals surface area contributed by atoms with Gasteiger partial charge in [0.25, 0.3) is 0 Å². The van der Waals surface area contributed by atoms with Gasteiger partial charge in [-0.3, -0.25) is 40.6 Å². The summed E-state index contributed by atoms with van der Waals surface area (Å²) in [5.41, 5.74) is 13.0. The maximum absolute atomic E-state index is 12.9. The number of carbonyl (C=O) groups is 4. The van der Waals surface area contributed by atoms with Gasteiger partial charge in [0.05, 0.1) is 18.1 Å². The Balaban J connectivity index is 0.000000272. The number of amides is 1. The molecule has 1 aliphatic heterocycles. The van der Waals surface area contributed by atoms with E-state index in [0.29, 0.717) is 10.0 Å². The van der Waals surface area contributed by atoms with Crippen molar-refractivity contribution in [2.45, 2.75) is 50.9 Å². The van der Waals surface area contributed by atoms with Crippen LogP contribution in [0.4, 0.5) is 0 Å². The number of hydrazone groups is 1. The molecular formula is C41H47Cl2N7O9S2. The number of aliphatic carboxylic acids is 1. The molecule has 4 atom stereocenters. The standard InChI is InChI=1S/C21H25ClN6O4S.C20H22ClNO5S/c1-13(19(29)12-33(2,31)32)23-18(20(30)24-21-25-27-28-26-21)10-14-6-8-15(9-7-14)16-4-3-5-17(22)11-16;1-13(19(23)12-28(2,26)27)22-18(20(24)25)10-14-6-8-15(9-7-14)16-4-3-5-17(21)11-16/h3-9,11,13,18,23,27-28H,10,12H2,1-2H3,(H2,24,25,26,30);3-9,11,13,18,22H,10,12H2,1-2H3,(H,24,25)/t2*13-,18-/m00/s1. The largest absolute Gasteiger partial charge is 0.480 e. The number of carboxylic acids is 1. The second-order valence-electron chi connectivity index (χ2n) is 14.4. The molecule has 7 N–H and O–H groups in total. The van der Waals surface area contributed by atoms with Gasteiger partial charge >= 0.3 is 5.97 Å². The molecule has 4 aromatic carbocycles. The minimum absolute atomic E-state index is 0.154. The van der Waals surface area contributed by atoms with Crippen molar-refractivity contribution in [3.05, 3.63) is 118 Å². The summed E-state index contributed by atoms with van der Waals surface area (Å²) in [5.74, 6) is -3.70. The minimum Gasteiger partial charge on any atom is -0.480 e. The number of carbonyl (C=O) groups excluding carboxylic acids is 3. The highest BCUT2D eigenvalue weighted by molar-refractivity contribution is 7.91. The lowest BCUT2D eigenvalue weighted by atomic mass is 9.99. The smallest absolute Gasteiger partial charge is 0.321 e. The first-order valence-corrected chi connectivity index (χ1v) is 23.5. The monoisotopic (exact) mass is 915 g/mol. The van der Waals surface area contributed by atoms with Crippen LogP contribution in [-0.2, 0) is 51.7 Å². The minimum atomic E-state index is -3.48. The van der Waals surface area contributed by atoms with Crippen LogP contribution in [0.15, 0.2) is 102 Å². The van der Waals surface area contributed by atoms with Gasteiger partial charge in [-0.05, 0) is 84.3 Å². The SMILES string of the molecule is C[C@H](N[C@@H](Cc1ccc(-c2cccc(Cl)c2)cc1)C(=O)NC1=NNNN1)C(=O)CS(C)(=O)=O.C[C@H](N[C@@H](Cc1ccc(-c2cccc(Cl)c2)cc1)C(=O)O)C(=O)CS(C)(=O)=O. The van der Waals surface area contributed by atoms with E-state index in [-0.39, 0.29) is 18.8 Å². The number of hydrogen-bond acceptors (Lipinski definition) is 14. The number of hydrogen-bond donors (Lipinski definition) is 7. The molecule has 0 bridgehead atoms. The van der Waals surface area contributed by atoms with E-state index in [4.69, 9.17) is 23.2 Å². The second kappa shape index (κ2) is 22.1. The maximum Gasteiger partial charge on any atom is 0.321 e. The van der Waals surface area contributed by atoms with Crippen molar-refractivity contribution in [1.82, 2.24) is 32.4 Å². The Kier molecular flexibility index (Phi) is 17.5. The van der Waals surface area contributed by atoms with Crippen molar-refractivity contribution in [2.75, 3.05) is 24.0 Å². The first-order valence-electron chi connectivity index (χ1n) is 18.7. The Morgan fingerprint density at radius 1 is 0.656 bits per heavy atom. The third kappa shape index (κ3) is 16.6. The van der Waals surface area contributed by atoms with E-state index in [1.807, 2.05) is 84.9 Å². The van der Waals surface area contributed by atoms with Crippen molar-refractivity contribution in [3.8, 4) is 22.3 Å². The number of sulfone groups is 2. The van der Waals surface area contributed by atoms with Gasteiger partial charge < -0.3 is 5.11 Å². The molecule has 1 heterocycles. The number of halogens is 2. The molecule has 20 heteroatoms. The molecule has 1 aliphatic rings. The number of benzene rings is 4. The fourth-order valence-electron chi connectivity index (χ4n) is 5.94. The summed E-state index contributed by atoms with van der Waals surface area (Å²) in [6, 6.07) is 26.3. The summed E-state index contributed by atoms with van der Waals surface area (Å²) in [5, 5.41) is 22.8. The fraction of sp³-hybridized carbons (Fsp3) is 0.293. The molecule has 0 unspecified atom stereocenters. The van der Waals surface area contributed by atoms with E-state index >= 15 is 0 Å². The zero-order valence-corrected chi connectivity index (χ0v) is 36.8. The van der Waals surface area contributed by atoms with E-state index in [0.717, 1.165) is 45.9 Å². The molecule has 0 spiro atoms. The molecule has 0 saturated carbocycles. The summed E-state index contributed by atoms with van der Waals surface area (Å²) >= 11 is 12.1. The summed E-state index contributed by atoms with van der Waals surface area (Å²) in [6.45, 7) is 3.00. The third-order valence-electron chi connectivity index (χ3n) is 9.04. The number of nitrogens with one attached hydrogen (secondary N) is 6. The normalized spacial score (nSPS) is 14.4. The molecule has 326 valence electrons. The molecule has 5 rings (SSSR count). The van der Waals surface area contributed by atoms with Crippen molar-refractivity contribution in [1.29, 1.82) is 0 Å². The highest BCUT2D eigenvalue weighted by Crippen LogP contribution is 2.25. The first kappa shape index (κ1) is 48.5. The second-order valence-corrected chi connectivity index (χ2v) is 19.6. The zero-order chi connectivity index (χ0) is 44.9. The molecule has 61 heavy (non-hydrogen) atoms. The Labute approximate surface area is 364 Å². The predicted octanol–water partition coefficient (Wildman–Crippen LogP) is 3.10. The number of ketones is 2.